The molecule has 5 rings (SSSR count). The van der Waals surface area contributed by atoms with E-state index in [-0.39, 0.29) is 11.6 Å². The van der Waals surface area contributed by atoms with Crippen LogP contribution in [0.4, 0.5) is 9.59 Å². The van der Waals surface area contributed by atoms with Crippen molar-refractivity contribution in [2.75, 3.05) is 0 Å². The lowest BCUT2D eigenvalue weighted by Crippen LogP contribution is -2.33. The number of rotatable bonds is 10. The molecule has 0 N–H and O–H groups in total. The van der Waals surface area contributed by atoms with Gasteiger partial charge in [-0.05, 0) is 28.3 Å². The summed E-state index contributed by atoms with van der Waals surface area (Å²) in [5, 5.41) is 0. The first-order valence-corrected chi connectivity index (χ1v) is 13.7. The molecule has 0 aliphatic heterocycles. The van der Waals surface area contributed by atoms with Gasteiger partial charge < -0.3 is 9.47 Å². The molecule has 1 heterocycles. The minimum atomic E-state index is -0.562. The van der Waals surface area contributed by atoms with E-state index in [4.69, 9.17) is 9.47 Å². The van der Waals surface area contributed by atoms with Crippen molar-refractivity contribution in [3.8, 4) is 11.6 Å². The lowest BCUT2D eigenvalue weighted by Gasteiger charge is -2.23. The van der Waals surface area contributed by atoms with Crippen LogP contribution < -0.4 is 9.47 Å². The summed E-state index contributed by atoms with van der Waals surface area (Å²) in [6.07, 6.45) is 0.359. The summed E-state index contributed by atoms with van der Waals surface area (Å²) in [6.45, 7) is 1.46. The second-order valence-corrected chi connectivity index (χ2v) is 9.72. The number of hydrogen-bond donors (Lipinski definition) is 0. The highest BCUT2D eigenvalue weighted by Crippen LogP contribution is 2.21. The third kappa shape index (κ3) is 8.29. The lowest BCUT2D eigenvalue weighted by molar-refractivity contribution is 0.143. The summed E-state index contributed by atoms with van der Waals surface area (Å²) in [4.78, 5) is 34.1. The normalized spacial score (nSPS) is 10.5. The van der Waals surface area contributed by atoms with E-state index in [2.05, 4.69) is 4.98 Å². The molecule has 0 fully saturated rings. The van der Waals surface area contributed by atoms with Gasteiger partial charge in [-0.15, -0.1) is 0 Å². The predicted molar refractivity (Wildman–Crippen MR) is 161 cm³/mol. The molecule has 0 aliphatic carbocycles. The zero-order valence-electron chi connectivity index (χ0n) is 23.1. The first kappa shape index (κ1) is 28.1. The number of ether oxygens (including phenoxy) is 2. The van der Waals surface area contributed by atoms with Gasteiger partial charge in [0.2, 0.25) is 5.88 Å². The summed E-state index contributed by atoms with van der Waals surface area (Å²) >= 11 is 0. The Morgan fingerprint density at radius 3 is 1.24 bits per heavy atom. The Labute approximate surface area is 245 Å². The van der Waals surface area contributed by atoms with E-state index in [1.807, 2.05) is 121 Å². The zero-order valence-corrected chi connectivity index (χ0v) is 23.1. The van der Waals surface area contributed by atoms with Gasteiger partial charge in [0.15, 0.2) is 0 Å². The molecule has 5 aromatic rings. The molecule has 0 radical (unpaired) electrons. The average molecular weight is 558 g/mol. The van der Waals surface area contributed by atoms with E-state index in [1.165, 1.54) is 12.3 Å². The van der Waals surface area contributed by atoms with Crippen LogP contribution in [0.15, 0.2) is 140 Å². The Balaban J connectivity index is 1.29. The van der Waals surface area contributed by atoms with Crippen LogP contribution in [0.25, 0.3) is 0 Å². The van der Waals surface area contributed by atoms with Crippen LogP contribution in [0.1, 0.15) is 22.3 Å². The summed E-state index contributed by atoms with van der Waals surface area (Å²) < 4.78 is 11.4. The maximum absolute atomic E-state index is 13.3. The number of aromatic nitrogens is 1. The van der Waals surface area contributed by atoms with Crippen LogP contribution >= 0.6 is 0 Å². The van der Waals surface area contributed by atoms with Crippen molar-refractivity contribution in [1.29, 1.82) is 0 Å². The zero-order chi connectivity index (χ0) is 29.0. The fourth-order valence-electron chi connectivity index (χ4n) is 4.42. The monoisotopic (exact) mass is 557 g/mol. The van der Waals surface area contributed by atoms with E-state index in [1.54, 1.807) is 15.9 Å². The summed E-state index contributed by atoms with van der Waals surface area (Å²) in [5.74, 6) is 0.260. The molecule has 2 amide bonds. The van der Waals surface area contributed by atoms with Crippen molar-refractivity contribution in [2.24, 2.45) is 0 Å². The number of nitrogens with zero attached hydrogens (tertiary/aromatic N) is 3. The molecule has 0 saturated heterocycles. The Kier molecular flexibility index (Phi) is 9.55. The highest BCUT2D eigenvalue weighted by Gasteiger charge is 2.20. The molecule has 210 valence electrons. The highest BCUT2D eigenvalue weighted by molar-refractivity contribution is 5.72. The van der Waals surface area contributed by atoms with E-state index in [9.17, 15) is 9.59 Å². The van der Waals surface area contributed by atoms with Crippen molar-refractivity contribution in [3.63, 3.8) is 0 Å². The molecule has 1 aromatic heterocycles. The van der Waals surface area contributed by atoms with Crippen molar-refractivity contribution >= 4 is 12.2 Å². The summed E-state index contributed by atoms with van der Waals surface area (Å²) in [6, 6.07) is 41.9. The smallest absolute Gasteiger partial charge is 0.410 e. The SMILES string of the molecule is O=C(Oc1ccnc(OC(=O)N(Cc2ccccc2)Cc2ccccc2)c1)N(Cc1ccccc1)Cc1ccccc1. The van der Waals surface area contributed by atoms with Crippen LogP contribution in [0.5, 0.6) is 11.6 Å². The Hall–Kier alpha value is -5.43. The van der Waals surface area contributed by atoms with Gasteiger partial charge in [0.05, 0.1) is 0 Å². The fourth-order valence-corrected chi connectivity index (χ4v) is 4.42. The first-order chi connectivity index (χ1) is 20.6. The Bertz CT molecular complexity index is 1370. The van der Waals surface area contributed by atoms with Gasteiger partial charge in [0, 0.05) is 38.4 Å². The predicted octanol–water partition coefficient (Wildman–Crippen LogP) is 7.48. The van der Waals surface area contributed by atoms with Crippen molar-refractivity contribution in [1.82, 2.24) is 14.8 Å². The largest absolute Gasteiger partial charge is 0.417 e. The summed E-state index contributed by atoms with van der Waals surface area (Å²) in [5.41, 5.74) is 3.90. The second-order valence-electron chi connectivity index (χ2n) is 9.72. The topological polar surface area (TPSA) is 72.0 Å². The van der Waals surface area contributed by atoms with Crippen LogP contribution in [0, 0.1) is 0 Å². The Morgan fingerprint density at radius 1 is 0.500 bits per heavy atom. The van der Waals surface area contributed by atoms with Gasteiger partial charge in [-0.2, -0.15) is 0 Å². The van der Waals surface area contributed by atoms with Crippen LogP contribution in [0.3, 0.4) is 0 Å². The average Bonchev–Trinajstić information content (AvgIpc) is 3.02. The number of carbonyl (C=O) groups is 2. The third-order valence-corrected chi connectivity index (χ3v) is 6.48. The number of carbonyl (C=O) groups excluding carboxylic acids is 2. The van der Waals surface area contributed by atoms with Crippen LogP contribution in [-0.4, -0.2) is 27.0 Å². The first-order valence-electron chi connectivity index (χ1n) is 13.7. The van der Waals surface area contributed by atoms with E-state index >= 15 is 0 Å². The van der Waals surface area contributed by atoms with Gasteiger partial charge >= 0.3 is 12.2 Å². The molecular weight excluding hydrogens is 526 g/mol. The van der Waals surface area contributed by atoms with Gasteiger partial charge in [-0.25, -0.2) is 14.6 Å². The fraction of sp³-hybridized carbons (Fsp3) is 0.114. The van der Waals surface area contributed by atoms with Crippen LogP contribution in [-0.2, 0) is 26.2 Å². The molecule has 7 nitrogen and oxygen atoms in total. The van der Waals surface area contributed by atoms with Gasteiger partial charge in [0.25, 0.3) is 0 Å². The Morgan fingerprint density at radius 2 is 0.857 bits per heavy atom. The van der Waals surface area contributed by atoms with Gasteiger partial charge in [-0.1, -0.05) is 121 Å². The standard InChI is InChI=1S/C35H31N3O4/c39-34(37(24-28-13-5-1-6-14-28)25-29-15-7-2-8-16-29)41-32-21-22-36-33(23-32)42-35(40)38(26-30-17-9-3-10-18-30)27-31-19-11-4-12-20-31/h1-23H,24-27H2. The highest BCUT2D eigenvalue weighted by atomic mass is 16.6. The second kappa shape index (κ2) is 14.3. The minimum Gasteiger partial charge on any atom is -0.410 e. The molecule has 4 aromatic carbocycles. The molecule has 7 heteroatoms. The van der Waals surface area contributed by atoms with Gasteiger partial charge in [-0.3, -0.25) is 9.80 Å². The molecular formula is C35H31N3O4. The molecule has 0 atom stereocenters. The molecule has 42 heavy (non-hydrogen) atoms. The van der Waals surface area contributed by atoms with Crippen molar-refractivity contribution in [2.45, 2.75) is 26.2 Å². The molecule has 0 spiro atoms. The quantitative estimate of drug-likeness (QED) is 0.178. The maximum atomic E-state index is 13.3. The molecule has 0 aliphatic rings. The number of hydrogen-bond acceptors (Lipinski definition) is 5. The van der Waals surface area contributed by atoms with E-state index < -0.39 is 12.2 Å². The molecule has 0 bridgehead atoms. The lowest BCUT2D eigenvalue weighted by atomic mass is 10.2. The van der Waals surface area contributed by atoms with Gasteiger partial charge in [0.1, 0.15) is 5.75 Å². The van der Waals surface area contributed by atoms with E-state index in [0.717, 1.165) is 22.3 Å². The van der Waals surface area contributed by atoms with E-state index in [0.29, 0.717) is 26.2 Å². The minimum absolute atomic E-state index is 0.0362. The molecule has 0 saturated carbocycles. The maximum Gasteiger partial charge on any atom is 0.417 e. The van der Waals surface area contributed by atoms with Crippen molar-refractivity contribution < 1.29 is 19.1 Å². The number of amides is 2. The van der Waals surface area contributed by atoms with Crippen LogP contribution in [0.2, 0.25) is 0 Å². The van der Waals surface area contributed by atoms with Crippen molar-refractivity contribution in [3.05, 3.63) is 162 Å². The third-order valence-electron chi connectivity index (χ3n) is 6.48. The molecule has 0 unspecified atom stereocenters. The number of benzene rings is 4. The number of pyridine rings is 1. The summed E-state index contributed by atoms with van der Waals surface area (Å²) in [7, 11) is 0.